The maximum Gasteiger partial charge on any atom is 0.00966 e. The summed E-state index contributed by atoms with van der Waals surface area (Å²) in [5.41, 5.74) is 0.288. The van der Waals surface area contributed by atoms with Crippen LogP contribution in [0.4, 0.5) is 0 Å². The third kappa shape index (κ3) is 4.70. The van der Waals surface area contributed by atoms with Crippen molar-refractivity contribution in [1.82, 2.24) is 5.32 Å². The van der Waals surface area contributed by atoms with Crippen LogP contribution in [0, 0.1) is 5.92 Å². The summed E-state index contributed by atoms with van der Waals surface area (Å²) < 4.78 is 0. The molecule has 1 aliphatic carbocycles. The molecule has 1 N–H and O–H groups in total. The molecular formula is C12H25NS. The first-order valence-electron chi connectivity index (χ1n) is 5.79. The average Bonchev–Trinajstić information content (AvgIpc) is 2.14. The zero-order valence-electron chi connectivity index (χ0n) is 10.1. The molecule has 0 bridgehead atoms. The van der Waals surface area contributed by atoms with Gasteiger partial charge in [0.1, 0.15) is 0 Å². The topological polar surface area (TPSA) is 12.0 Å². The summed E-state index contributed by atoms with van der Waals surface area (Å²) in [4.78, 5) is 0. The Morgan fingerprint density at radius 2 is 1.71 bits per heavy atom. The van der Waals surface area contributed by atoms with E-state index in [0.717, 1.165) is 11.2 Å². The second-order valence-electron chi connectivity index (χ2n) is 5.51. The van der Waals surface area contributed by atoms with Gasteiger partial charge in [0.2, 0.25) is 0 Å². The van der Waals surface area contributed by atoms with E-state index in [1.807, 2.05) is 0 Å². The van der Waals surface area contributed by atoms with E-state index in [9.17, 15) is 0 Å². The zero-order valence-corrected chi connectivity index (χ0v) is 10.9. The highest BCUT2D eigenvalue weighted by atomic mass is 32.2. The smallest absolute Gasteiger partial charge is 0.00966 e. The van der Waals surface area contributed by atoms with Gasteiger partial charge < -0.3 is 5.32 Å². The van der Waals surface area contributed by atoms with Gasteiger partial charge in [-0.1, -0.05) is 0 Å². The number of hydrogen-bond donors (Lipinski definition) is 1. The van der Waals surface area contributed by atoms with Gasteiger partial charge >= 0.3 is 0 Å². The zero-order chi connectivity index (χ0) is 10.6. The van der Waals surface area contributed by atoms with Crippen molar-refractivity contribution in [3.8, 4) is 0 Å². The molecular weight excluding hydrogens is 190 g/mol. The Kier molecular flexibility index (Phi) is 4.78. The third-order valence-corrected chi connectivity index (χ3v) is 4.19. The minimum atomic E-state index is 0.288. The molecule has 1 saturated carbocycles. The molecule has 1 rings (SSSR count). The van der Waals surface area contributed by atoms with Crippen LogP contribution >= 0.6 is 11.8 Å². The maximum atomic E-state index is 3.62. The van der Waals surface area contributed by atoms with Crippen molar-refractivity contribution in [2.24, 2.45) is 5.92 Å². The Morgan fingerprint density at radius 3 is 2.14 bits per heavy atom. The summed E-state index contributed by atoms with van der Waals surface area (Å²) in [6.45, 7) is 7.96. The summed E-state index contributed by atoms with van der Waals surface area (Å²) in [6, 6.07) is 0. The quantitative estimate of drug-likeness (QED) is 0.775. The van der Waals surface area contributed by atoms with Gasteiger partial charge in [0.25, 0.3) is 0 Å². The summed E-state index contributed by atoms with van der Waals surface area (Å²) in [5, 5.41) is 4.56. The largest absolute Gasteiger partial charge is 0.312 e. The Morgan fingerprint density at radius 1 is 1.14 bits per heavy atom. The first kappa shape index (κ1) is 12.4. The van der Waals surface area contributed by atoms with Gasteiger partial charge in [-0.2, -0.15) is 11.8 Å². The highest BCUT2D eigenvalue weighted by Crippen LogP contribution is 2.30. The van der Waals surface area contributed by atoms with E-state index in [1.165, 1.54) is 32.2 Å². The lowest BCUT2D eigenvalue weighted by atomic mass is 9.88. The number of nitrogens with one attached hydrogen (secondary N) is 1. The van der Waals surface area contributed by atoms with E-state index in [-0.39, 0.29) is 5.54 Å². The summed E-state index contributed by atoms with van der Waals surface area (Å²) in [7, 11) is 0. The lowest BCUT2D eigenvalue weighted by molar-refractivity contribution is 0.308. The van der Waals surface area contributed by atoms with Crippen molar-refractivity contribution in [2.75, 3.05) is 12.8 Å². The molecule has 0 aromatic carbocycles. The van der Waals surface area contributed by atoms with Gasteiger partial charge in [0.15, 0.2) is 0 Å². The Labute approximate surface area is 93.4 Å². The Hall–Kier alpha value is 0.310. The van der Waals surface area contributed by atoms with E-state index in [0.29, 0.717) is 0 Å². The standard InChI is InChI=1S/C12H25NS/c1-12(2,3)13-9-10-5-7-11(14-4)8-6-10/h10-11,13H,5-9H2,1-4H3. The first-order valence-corrected chi connectivity index (χ1v) is 7.08. The molecule has 0 spiro atoms. The fourth-order valence-corrected chi connectivity index (χ4v) is 2.77. The van der Waals surface area contributed by atoms with Crippen molar-refractivity contribution in [1.29, 1.82) is 0 Å². The normalized spacial score (nSPS) is 29.1. The van der Waals surface area contributed by atoms with Crippen LogP contribution in [-0.2, 0) is 0 Å². The summed E-state index contributed by atoms with van der Waals surface area (Å²) >= 11 is 2.05. The van der Waals surface area contributed by atoms with Gasteiger partial charge in [0, 0.05) is 10.8 Å². The molecule has 1 aliphatic rings. The van der Waals surface area contributed by atoms with E-state index < -0.39 is 0 Å². The van der Waals surface area contributed by atoms with Gasteiger partial charge in [-0.3, -0.25) is 0 Å². The fourth-order valence-electron chi connectivity index (χ4n) is 2.02. The summed E-state index contributed by atoms with van der Waals surface area (Å²) in [6.07, 6.45) is 7.96. The van der Waals surface area contributed by atoms with Crippen molar-refractivity contribution in [3.05, 3.63) is 0 Å². The number of thioether (sulfide) groups is 1. The molecule has 0 heterocycles. The summed E-state index contributed by atoms with van der Waals surface area (Å²) in [5.74, 6) is 0.928. The van der Waals surface area contributed by atoms with Crippen molar-refractivity contribution in [3.63, 3.8) is 0 Å². The van der Waals surface area contributed by atoms with Crippen molar-refractivity contribution < 1.29 is 0 Å². The van der Waals surface area contributed by atoms with Crippen LogP contribution < -0.4 is 5.32 Å². The van der Waals surface area contributed by atoms with Crippen LogP contribution in [0.1, 0.15) is 46.5 Å². The van der Waals surface area contributed by atoms with Crippen molar-refractivity contribution in [2.45, 2.75) is 57.2 Å². The van der Waals surface area contributed by atoms with Crippen LogP contribution in [0.3, 0.4) is 0 Å². The highest BCUT2D eigenvalue weighted by molar-refractivity contribution is 7.99. The van der Waals surface area contributed by atoms with E-state index in [4.69, 9.17) is 0 Å². The maximum absolute atomic E-state index is 3.62. The van der Waals surface area contributed by atoms with Gasteiger partial charge in [-0.25, -0.2) is 0 Å². The molecule has 14 heavy (non-hydrogen) atoms. The minimum absolute atomic E-state index is 0.288. The first-order chi connectivity index (χ1) is 6.51. The van der Waals surface area contributed by atoms with E-state index in [1.54, 1.807) is 0 Å². The molecule has 1 nitrogen and oxygen atoms in total. The molecule has 0 radical (unpaired) electrons. The van der Waals surface area contributed by atoms with Crippen LogP contribution in [0.5, 0.6) is 0 Å². The molecule has 0 aromatic rings. The van der Waals surface area contributed by atoms with E-state index >= 15 is 0 Å². The molecule has 0 saturated heterocycles. The lowest BCUT2D eigenvalue weighted by Crippen LogP contribution is -2.40. The predicted molar refractivity (Wildman–Crippen MR) is 67.0 cm³/mol. The highest BCUT2D eigenvalue weighted by Gasteiger charge is 2.21. The molecule has 0 unspecified atom stereocenters. The molecule has 0 aliphatic heterocycles. The molecule has 0 aromatic heterocycles. The van der Waals surface area contributed by atoms with E-state index in [2.05, 4.69) is 44.1 Å². The van der Waals surface area contributed by atoms with Gasteiger partial charge in [0.05, 0.1) is 0 Å². The predicted octanol–water partition coefficient (Wildman–Crippen LogP) is 3.30. The second kappa shape index (κ2) is 5.41. The fraction of sp³-hybridized carbons (Fsp3) is 1.00. The minimum Gasteiger partial charge on any atom is -0.312 e. The average molecular weight is 215 g/mol. The molecule has 1 fully saturated rings. The molecule has 2 heteroatoms. The Bertz CT molecular complexity index is 154. The lowest BCUT2D eigenvalue weighted by Gasteiger charge is -2.30. The van der Waals surface area contributed by atoms with Crippen molar-refractivity contribution >= 4 is 11.8 Å². The third-order valence-electron chi connectivity index (χ3n) is 3.05. The molecule has 0 atom stereocenters. The van der Waals surface area contributed by atoms with Crippen LogP contribution in [0.15, 0.2) is 0 Å². The van der Waals surface area contributed by atoms with Crippen LogP contribution in [-0.4, -0.2) is 23.6 Å². The van der Waals surface area contributed by atoms with Crippen LogP contribution in [0.2, 0.25) is 0 Å². The number of rotatable bonds is 3. The Balaban J connectivity index is 2.16. The van der Waals surface area contributed by atoms with Gasteiger partial charge in [-0.15, -0.1) is 0 Å². The van der Waals surface area contributed by atoms with Crippen LogP contribution in [0.25, 0.3) is 0 Å². The monoisotopic (exact) mass is 215 g/mol. The molecule has 84 valence electrons. The number of hydrogen-bond acceptors (Lipinski definition) is 2. The molecule has 0 amide bonds. The second-order valence-corrected chi connectivity index (χ2v) is 6.65. The van der Waals surface area contributed by atoms with Gasteiger partial charge in [-0.05, 0) is 65.2 Å². The SMILES string of the molecule is CSC1CCC(CNC(C)(C)C)CC1.